The van der Waals surface area contributed by atoms with Crippen molar-refractivity contribution in [3.8, 4) is 0 Å². The van der Waals surface area contributed by atoms with E-state index in [2.05, 4.69) is 10.2 Å². The van der Waals surface area contributed by atoms with Gasteiger partial charge < -0.3 is 5.32 Å². The van der Waals surface area contributed by atoms with Crippen LogP contribution in [0.3, 0.4) is 0 Å². The van der Waals surface area contributed by atoms with E-state index in [0.717, 1.165) is 48.7 Å². The second kappa shape index (κ2) is 8.22. The number of aryl methyl sites for hydroxylation is 1. The average molecular weight is 377 g/mol. The van der Waals surface area contributed by atoms with Crippen molar-refractivity contribution in [1.29, 1.82) is 0 Å². The van der Waals surface area contributed by atoms with Crippen LogP contribution in [0.2, 0.25) is 10.0 Å². The van der Waals surface area contributed by atoms with Crippen molar-refractivity contribution in [2.75, 3.05) is 18.4 Å². The summed E-state index contributed by atoms with van der Waals surface area (Å²) in [5, 5.41) is 4.49. The molecule has 0 saturated carbocycles. The van der Waals surface area contributed by atoms with Crippen LogP contribution >= 0.6 is 23.2 Å². The van der Waals surface area contributed by atoms with Gasteiger partial charge in [-0.3, -0.25) is 9.69 Å². The van der Waals surface area contributed by atoms with Gasteiger partial charge in [0.15, 0.2) is 0 Å². The summed E-state index contributed by atoms with van der Waals surface area (Å²) in [4.78, 5) is 15.0. The number of hydrogen-bond acceptors (Lipinski definition) is 2. The second-order valence-corrected chi connectivity index (χ2v) is 7.52. The Hall–Kier alpha value is -1.55. The molecule has 0 bridgehead atoms. The van der Waals surface area contributed by atoms with E-state index >= 15 is 0 Å². The lowest BCUT2D eigenvalue weighted by molar-refractivity contribution is -0.121. The fraction of sp³-hybridized carbons (Fsp3) is 0.350. The van der Waals surface area contributed by atoms with Crippen LogP contribution in [0.15, 0.2) is 42.5 Å². The Kier molecular flexibility index (Phi) is 6.00. The van der Waals surface area contributed by atoms with Gasteiger partial charge in [-0.15, -0.1) is 0 Å². The van der Waals surface area contributed by atoms with Crippen molar-refractivity contribution in [2.24, 2.45) is 5.92 Å². The zero-order chi connectivity index (χ0) is 17.8. The van der Waals surface area contributed by atoms with Crippen molar-refractivity contribution in [1.82, 2.24) is 4.90 Å². The first-order chi connectivity index (χ1) is 12.0. The van der Waals surface area contributed by atoms with Gasteiger partial charge in [0.05, 0.1) is 5.92 Å². The Balaban J connectivity index is 1.60. The Morgan fingerprint density at radius 1 is 1.16 bits per heavy atom. The Bertz CT molecular complexity index is 746. The van der Waals surface area contributed by atoms with Gasteiger partial charge in [0, 0.05) is 28.8 Å². The van der Waals surface area contributed by atoms with E-state index in [1.807, 2.05) is 43.3 Å². The highest BCUT2D eigenvalue weighted by Gasteiger charge is 2.26. The minimum Gasteiger partial charge on any atom is -0.326 e. The number of piperidine rings is 1. The van der Waals surface area contributed by atoms with Gasteiger partial charge in [-0.1, -0.05) is 35.3 Å². The topological polar surface area (TPSA) is 32.3 Å². The minimum atomic E-state index is 0.0103. The predicted molar refractivity (Wildman–Crippen MR) is 104 cm³/mol. The number of amides is 1. The molecule has 132 valence electrons. The van der Waals surface area contributed by atoms with Crippen LogP contribution in [0.1, 0.15) is 24.0 Å². The lowest BCUT2D eigenvalue weighted by Gasteiger charge is -2.32. The quantitative estimate of drug-likeness (QED) is 0.799. The molecule has 1 aliphatic heterocycles. The number of benzene rings is 2. The lowest BCUT2D eigenvalue weighted by atomic mass is 9.96. The molecule has 1 atom stereocenters. The molecular formula is C20H22Cl2N2O. The molecule has 2 aromatic carbocycles. The van der Waals surface area contributed by atoms with Crippen molar-refractivity contribution in [3.63, 3.8) is 0 Å². The van der Waals surface area contributed by atoms with E-state index in [4.69, 9.17) is 23.2 Å². The molecule has 1 saturated heterocycles. The van der Waals surface area contributed by atoms with Crippen LogP contribution in [0.4, 0.5) is 5.69 Å². The first kappa shape index (κ1) is 18.2. The molecule has 3 nitrogen and oxygen atoms in total. The molecule has 1 heterocycles. The molecule has 1 fully saturated rings. The van der Waals surface area contributed by atoms with Crippen LogP contribution in [-0.4, -0.2) is 23.9 Å². The summed E-state index contributed by atoms with van der Waals surface area (Å²) < 4.78 is 0. The van der Waals surface area contributed by atoms with Gasteiger partial charge >= 0.3 is 0 Å². The monoisotopic (exact) mass is 376 g/mol. The standard InChI is InChI=1S/C20H22Cl2N2O/c1-14-11-18(22)8-9-19(14)23-20(25)16-3-2-10-24(13-16)12-15-4-6-17(21)7-5-15/h4-9,11,16H,2-3,10,12-13H2,1H3,(H,23,25)/t16-/m1/s1. The number of rotatable bonds is 4. The summed E-state index contributed by atoms with van der Waals surface area (Å²) in [6.45, 7) is 4.60. The molecule has 0 radical (unpaired) electrons. The normalized spacial score (nSPS) is 18.1. The van der Waals surface area contributed by atoms with Gasteiger partial charge in [-0.05, 0) is 67.8 Å². The Labute approximate surface area is 158 Å². The molecule has 3 rings (SSSR count). The number of nitrogens with zero attached hydrogens (tertiary/aromatic N) is 1. The molecule has 0 spiro atoms. The third-order valence-corrected chi connectivity index (χ3v) is 5.13. The fourth-order valence-electron chi connectivity index (χ4n) is 3.26. The summed E-state index contributed by atoms with van der Waals surface area (Å²) in [6.07, 6.45) is 1.96. The molecule has 1 amide bonds. The first-order valence-electron chi connectivity index (χ1n) is 8.55. The zero-order valence-electron chi connectivity index (χ0n) is 14.3. The van der Waals surface area contributed by atoms with Gasteiger partial charge in [-0.2, -0.15) is 0 Å². The summed E-state index contributed by atoms with van der Waals surface area (Å²) >= 11 is 11.9. The smallest absolute Gasteiger partial charge is 0.228 e. The predicted octanol–water partition coefficient (Wildman–Crippen LogP) is 5.15. The second-order valence-electron chi connectivity index (χ2n) is 6.65. The van der Waals surface area contributed by atoms with E-state index in [1.54, 1.807) is 6.07 Å². The molecule has 5 heteroatoms. The van der Waals surface area contributed by atoms with E-state index in [9.17, 15) is 4.79 Å². The summed E-state index contributed by atoms with van der Waals surface area (Å²) in [5.41, 5.74) is 3.04. The minimum absolute atomic E-state index is 0.0103. The largest absolute Gasteiger partial charge is 0.326 e. The summed E-state index contributed by atoms with van der Waals surface area (Å²) in [6, 6.07) is 13.4. The molecule has 2 aromatic rings. The third kappa shape index (κ3) is 4.97. The molecule has 1 aliphatic rings. The number of carbonyl (C=O) groups excluding carboxylic acids is 1. The van der Waals surface area contributed by atoms with E-state index < -0.39 is 0 Å². The fourth-order valence-corrected chi connectivity index (χ4v) is 3.62. The molecular weight excluding hydrogens is 355 g/mol. The number of halogens is 2. The van der Waals surface area contributed by atoms with E-state index in [1.165, 1.54) is 5.56 Å². The molecule has 1 N–H and O–H groups in total. The van der Waals surface area contributed by atoms with Crippen molar-refractivity contribution in [2.45, 2.75) is 26.3 Å². The SMILES string of the molecule is Cc1cc(Cl)ccc1NC(=O)[C@@H]1CCCN(Cc2ccc(Cl)cc2)C1. The number of carbonyl (C=O) groups is 1. The maximum absolute atomic E-state index is 12.7. The Morgan fingerprint density at radius 3 is 2.60 bits per heavy atom. The van der Waals surface area contributed by atoms with Crippen LogP contribution in [0.25, 0.3) is 0 Å². The molecule has 0 unspecified atom stereocenters. The van der Waals surface area contributed by atoms with Gasteiger partial charge in [0.25, 0.3) is 0 Å². The van der Waals surface area contributed by atoms with Gasteiger partial charge in [0.1, 0.15) is 0 Å². The highest BCUT2D eigenvalue weighted by Crippen LogP contribution is 2.24. The number of nitrogens with one attached hydrogen (secondary N) is 1. The highest BCUT2D eigenvalue weighted by molar-refractivity contribution is 6.31. The molecule has 0 aromatic heterocycles. The first-order valence-corrected chi connectivity index (χ1v) is 9.30. The van der Waals surface area contributed by atoms with Crippen LogP contribution in [0.5, 0.6) is 0 Å². The summed E-state index contributed by atoms with van der Waals surface area (Å²) in [5.74, 6) is 0.0994. The van der Waals surface area contributed by atoms with Gasteiger partial charge in [0.2, 0.25) is 5.91 Å². The van der Waals surface area contributed by atoms with E-state index in [-0.39, 0.29) is 11.8 Å². The Morgan fingerprint density at radius 2 is 1.88 bits per heavy atom. The highest BCUT2D eigenvalue weighted by atomic mass is 35.5. The van der Waals surface area contributed by atoms with Crippen molar-refractivity contribution < 1.29 is 4.79 Å². The zero-order valence-corrected chi connectivity index (χ0v) is 15.8. The van der Waals surface area contributed by atoms with E-state index in [0.29, 0.717) is 5.02 Å². The maximum Gasteiger partial charge on any atom is 0.228 e. The molecule has 25 heavy (non-hydrogen) atoms. The van der Waals surface area contributed by atoms with Crippen LogP contribution < -0.4 is 5.32 Å². The maximum atomic E-state index is 12.7. The van der Waals surface area contributed by atoms with Gasteiger partial charge in [-0.25, -0.2) is 0 Å². The van der Waals surface area contributed by atoms with Crippen molar-refractivity contribution in [3.05, 3.63) is 63.6 Å². The summed E-state index contributed by atoms with van der Waals surface area (Å²) in [7, 11) is 0. The number of anilines is 1. The van der Waals surface area contributed by atoms with Crippen LogP contribution in [0, 0.1) is 12.8 Å². The number of likely N-dealkylation sites (tertiary alicyclic amines) is 1. The molecule has 0 aliphatic carbocycles. The van der Waals surface area contributed by atoms with Crippen LogP contribution in [-0.2, 0) is 11.3 Å². The average Bonchev–Trinajstić information content (AvgIpc) is 2.60. The lowest BCUT2D eigenvalue weighted by Crippen LogP contribution is -2.40. The van der Waals surface area contributed by atoms with Crippen molar-refractivity contribution >= 4 is 34.8 Å². The number of hydrogen-bond donors (Lipinski definition) is 1. The third-order valence-electron chi connectivity index (χ3n) is 4.64.